The molecule has 126 valence electrons. The Hall–Kier alpha value is -2.34. The first-order valence-electron chi connectivity index (χ1n) is 7.73. The SMILES string of the molecule is COc1cc2c(cc1OC)CN(C(=O)C=Cc1csc(C)n1)CC2. The number of carbonyl (C=O) groups is 1. The normalized spacial score (nSPS) is 13.9. The molecule has 3 rings (SSSR count). The molecule has 1 aromatic heterocycles. The molecule has 1 amide bonds. The molecule has 1 aliphatic heterocycles. The first-order valence-corrected chi connectivity index (χ1v) is 8.61. The van der Waals surface area contributed by atoms with Crippen molar-refractivity contribution in [1.29, 1.82) is 0 Å². The van der Waals surface area contributed by atoms with Crippen LogP contribution in [0.1, 0.15) is 21.8 Å². The minimum Gasteiger partial charge on any atom is -0.493 e. The number of nitrogens with zero attached hydrogens (tertiary/aromatic N) is 2. The van der Waals surface area contributed by atoms with E-state index in [9.17, 15) is 4.79 Å². The van der Waals surface area contributed by atoms with Crippen molar-refractivity contribution in [3.8, 4) is 11.5 Å². The number of thiazole rings is 1. The molecule has 0 fully saturated rings. The zero-order valence-electron chi connectivity index (χ0n) is 14.0. The quantitative estimate of drug-likeness (QED) is 0.800. The number of hydrogen-bond acceptors (Lipinski definition) is 5. The number of ether oxygens (including phenoxy) is 2. The Morgan fingerprint density at radius 2 is 1.96 bits per heavy atom. The number of aryl methyl sites for hydroxylation is 1. The molecule has 0 unspecified atom stereocenters. The summed E-state index contributed by atoms with van der Waals surface area (Å²) >= 11 is 1.58. The molecule has 2 heterocycles. The number of rotatable bonds is 4. The van der Waals surface area contributed by atoms with Crippen molar-refractivity contribution in [2.75, 3.05) is 20.8 Å². The van der Waals surface area contributed by atoms with Crippen LogP contribution in [0.3, 0.4) is 0 Å². The van der Waals surface area contributed by atoms with E-state index < -0.39 is 0 Å². The van der Waals surface area contributed by atoms with Gasteiger partial charge in [0.05, 0.1) is 24.9 Å². The summed E-state index contributed by atoms with van der Waals surface area (Å²) in [6, 6.07) is 3.96. The second-order valence-corrected chi connectivity index (χ2v) is 6.67. The summed E-state index contributed by atoms with van der Waals surface area (Å²) in [7, 11) is 3.25. The van der Waals surface area contributed by atoms with Gasteiger partial charge >= 0.3 is 0 Å². The van der Waals surface area contributed by atoms with Crippen LogP contribution in [-0.2, 0) is 17.8 Å². The van der Waals surface area contributed by atoms with Crippen LogP contribution in [-0.4, -0.2) is 36.6 Å². The van der Waals surface area contributed by atoms with Gasteiger partial charge in [-0.25, -0.2) is 4.98 Å². The molecule has 0 spiro atoms. The predicted octanol–water partition coefficient (Wildman–Crippen LogP) is 3.07. The third kappa shape index (κ3) is 3.43. The number of aromatic nitrogens is 1. The summed E-state index contributed by atoms with van der Waals surface area (Å²) in [5, 5.41) is 2.94. The molecule has 6 heteroatoms. The molecule has 0 saturated heterocycles. The van der Waals surface area contributed by atoms with Crippen LogP contribution in [0.25, 0.3) is 6.08 Å². The number of hydrogen-bond donors (Lipinski definition) is 0. The maximum Gasteiger partial charge on any atom is 0.246 e. The van der Waals surface area contributed by atoms with Crippen molar-refractivity contribution in [2.24, 2.45) is 0 Å². The second kappa shape index (κ2) is 7.05. The molecule has 0 aliphatic carbocycles. The molecular formula is C18H20N2O3S. The summed E-state index contributed by atoms with van der Waals surface area (Å²) in [6.07, 6.45) is 4.18. The first kappa shape index (κ1) is 16.5. The summed E-state index contributed by atoms with van der Waals surface area (Å²) in [5.41, 5.74) is 3.13. The van der Waals surface area contributed by atoms with Gasteiger partial charge in [0.1, 0.15) is 0 Å². The average molecular weight is 344 g/mol. The van der Waals surface area contributed by atoms with E-state index in [1.165, 1.54) is 5.56 Å². The highest BCUT2D eigenvalue weighted by Gasteiger charge is 2.21. The topological polar surface area (TPSA) is 51.7 Å². The van der Waals surface area contributed by atoms with Crippen molar-refractivity contribution >= 4 is 23.3 Å². The van der Waals surface area contributed by atoms with Crippen LogP contribution in [0.15, 0.2) is 23.6 Å². The first-order chi connectivity index (χ1) is 11.6. The highest BCUT2D eigenvalue weighted by molar-refractivity contribution is 7.09. The van der Waals surface area contributed by atoms with E-state index in [4.69, 9.17) is 9.47 Å². The van der Waals surface area contributed by atoms with Gasteiger partial charge in [-0.1, -0.05) is 0 Å². The van der Waals surface area contributed by atoms with Crippen LogP contribution in [0.5, 0.6) is 11.5 Å². The Balaban J connectivity index is 1.74. The van der Waals surface area contributed by atoms with Crippen molar-refractivity contribution in [1.82, 2.24) is 9.88 Å². The van der Waals surface area contributed by atoms with Crippen molar-refractivity contribution in [3.63, 3.8) is 0 Å². The summed E-state index contributed by atoms with van der Waals surface area (Å²) < 4.78 is 10.7. The zero-order chi connectivity index (χ0) is 17.1. The van der Waals surface area contributed by atoms with Gasteiger partial charge in [-0.15, -0.1) is 11.3 Å². The van der Waals surface area contributed by atoms with Gasteiger partial charge in [-0.3, -0.25) is 4.79 Å². The fourth-order valence-electron chi connectivity index (χ4n) is 2.79. The Morgan fingerprint density at radius 3 is 2.58 bits per heavy atom. The Labute approximate surface area is 145 Å². The molecular weight excluding hydrogens is 324 g/mol. The van der Waals surface area contributed by atoms with Crippen LogP contribution < -0.4 is 9.47 Å². The molecule has 0 bridgehead atoms. The van der Waals surface area contributed by atoms with Gasteiger partial charge < -0.3 is 14.4 Å². The molecule has 0 atom stereocenters. The van der Waals surface area contributed by atoms with Crippen molar-refractivity contribution < 1.29 is 14.3 Å². The molecule has 2 aromatic rings. The van der Waals surface area contributed by atoms with Gasteiger partial charge in [0.15, 0.2) is 11.5 Å². The van der Waals surface area contributed by atoms with E-state index in [-0.39, 0.29) is 5.91 Å². The lowest BCUT2D eigenvalue weighted by Crippen LogP contribution is -2.34. The lowest BCUT2D eigenvalue weighted by Gasteiger charge is -2.28. The number of benzene rings is 1. The predicted molar refractivity (Wildman–Crippen MR) is 94.6 cm³/mol. The number of amides is 1. The van der Waals surface area contributed by atoms with E-state index in [1.807, 2.05) is 29.3 Å². The van der Waals surface area contributed by atoms with E-state index in [2.05, 4.69) is 4.98 Å². The maximum absolute atomic E-state index is 12.4. The van der Waals surface area contributed by atoms with Gasteiger partial charge in [-0.2, -0.15) is 0 Å². The monoisotopic (exact) mass is 344 g/mol. The molecule has 1 aliphatic rings. The van der Waals surface area contributed by atoms with Crippen LogP contribution in [0, 0.1) is 6.92 Å². The minimum absolute atomic E-state index is 0.00101. The molecule has 24 heavy (non-hydrogen) atoms. The highest BCUT2D eigenvalue weighted by atomic mass is 32.1. The number of carbonyl (C=O) groups excluding carboxylic acids is 1. The number of fused-ring (bicyclic) bond motifs is 1. The lowest BCUT2D eigenvalue weighted by atomic mass is 9.98. The zero-order valence-corrected chi connectivity index (χ0v) is 14.9. The Morgan fingerprint density at radius 1 is 1.25 bits per heavy atom. The highest BCUT2D eigenvalue weighted by Crippen LogP contribution is 2.33. The van der Waals surface area contributed by atoms with Crippen molar-refractivity contribution in [3.05, 3.63) is 45.4 Å². The van der Waals surface area contributed by atoms with Crippen LogP contribution in [0.2, 0.25) is 0 Å². The molecule has 5 nitrogen and oxygen atoms in total. The van der Waals surface area contributed by atoms with E-state index in [0.717, 1.165) is 28.4 Å². The van der Waals surface area contributed by atoms with Crippen LogP contribution >= 0.6 is 11.3 Å². The Kier molecular flexibility index (Phi) is 4.85. The van der Waals surface area contributed by atoms with Gasteiger partial charge in [0.2, 0.25) is 5.91 Å². The van der Waals surface area contributed by atoms with Gasteiger partial charge in [-0.05, 0) is 42.7 Å². The van der Waals surface area contributed by atoms with Crippen LogP contribution in [0.4, 0.5) is 0 Å². The van der Waals surface area contributed by atoms with Gasteiger partial charge in [0.25, 0.3) is 0 Å². The minimum atomic E-state index is 0.00101. The fourth-order valence-corrected chi connectivity index (χ4v) is 3.37. The molecule has 1 aromatic carbocycles. The molecule has 0 saturated carbocycles. The second-order valence-electron chi connectivity index (χ2n) is 5.61. The summed E-state index contributed by atoms with van der Waals surface area (Å²) in [6.45, 7) is 3.23. The van der Waals surface area contributed by atoms with E-state index in [1.54, 1.807) is 37.7 Å². The van der Waals surface area contributed by atoms with E-state index in [0.29, 0.717) is 18.8 Å². The smallest absolute Gasteiger partial charge is 0.246 e. The largest absolute Gasteiger partial charge is 0.493 e. The summed E-state index contributed by atoms with van der Waals surface area (Å²) in [4.78, 5) is 18.6. The molecule has 0 N–H and O–H groups in total. The standard InChI is InChI=1S/C18H20N2O3S/c1-12-19-15(11-24-12)4-5-18(21)20-7-6-13-8-16(22-2)17(23-3)9-14(13)10-20/h4-5,8-9,11H,6-7,10H2,1-3H3. The third-order valence-electron chi connectivity index (χ3n) is 4.06. The third-order valence-corrected chi connectivity index (χ3v) is 4.85. The van der Waals surface area contributed by atoms with Gasteiger partial charge in [0, 0.05) is 24.5 Å². The number of methoxy groups -OCH3 is 2. The maximum atomic E-state index is 12.4. The van der Waals surface area contributed by atoms with Crippen molar-refractivity contribution in [2.45, 2.75) is 19.9 Å². The summed E-state index contributed by atoms with van der Waals surface area (Å²) in [5.74, 6) is 1.43. The Bertz CT molecular complexity index is 783. The molecule has 0 radical (unpaired) electrons. The van der Waals surface area contributed by atoms with E-state index >= 15 is 0 Å². The average Bonchev–Trinajstić information content (AvgIpc) is 3.03. The fraction of sp³-hybridized carbons (Fsp3) is 0.333. The lowest BCUT2D eigenvalue weighted by molar-refractivity contribution is -0.126.